The smallest absolute Gasteiger partial charge is 0.268 e. The molecule has 1 aliphatic heterocycles. The van der Waals surface area contributed by atoms with Crippen molar-refractivity contribution in [1.82, 2.24) is 4.90 Å². The summed E-state index contributed by atoms with van der Waals surface area (Å²) in [5, 5.41) is 10.2. The van der Waals surface area contributed by atoms with Crippen molar-refractivity contribution in [3.8, 4) is 0 Å². The SMILES string of the molecule is O=C1S/C(=C\c2ccc(F)c(Br)c2)C(=O)N1Cc1ccc([N+](=O)[O-])cc1. The molecule has 1 heterocycles. The zero-order valence-electron chi connectivity index (χ0n) is 13.0. The molecule has 1 fully saturated rings. The number of nitro benzene ring substituents is 1. The van der Waals surface area contributed by atoms with E-state index in [9.17, 15) is 24.1 Å². The van der Waals surface area contributed by atoms with Gasteiger partial charge in [-0.25, -0.2) is 4.39 Å². The molecule has 2 aromatic carbocycles. The molecule has 0 aromatic heterocycles. The van der Waals surface area contributed by atoms with Gasteiger partial charge in [-0.3, -0.25) is 24.6 Å². The molecule has 0 atom stereocenters. The predicted octanol–water partition coefficient (Wildman–Crippen LogP) is 4.73. The summed E-state index contributed by atoms with van der Waals surface area (Å²) in [6.45, 7) is 0.0209. The number of nitrogens with zero attached hydrogens (tertiary/aromatic N) is 2. The van der Waals surface area contributed by atoms with E-state index in [0.29, 0.717) is 11.1 Å². The summed E-state index contributed by atoms with van der Waals surface area (Å²) < 4.78 is 13.5. The monoisotopic (exact) mass is 436 g/mol. The summed E-state index contributed by atoms with van der Waals surface area (Å²) in [6.07, 6.45) is 1.52. The van der Waals surface area contributed by atoms with Crippen molar-refractivity contribution in [2.45, 2.75) is 6.54 Å². The largest absolute Gasteiger partial charge is 0.293 e. The average molecular weight is 437 g/mol. The van der Waals surface area contributed by atoms with E-state index < -0.39 is 21.9 Å². The van der Waals surface area contributed by atoms with Crippen LogP contribution in [0.15, 0.2) is 51.8 Å². The molecule has 9 heteroatoms. The van der Waals surface area contributed by atoms with Gasteiger partial charge >= 0.3 is 0 Å². The number of carbonyl (C=O) groups excluding carboxylic acids is 2. The molecule has 3 rings (SSSR count). The van der Waals surface area contributed by atoms with Gasteiger partial charge in [-0.05, 0) is 57.0 Å². The van der Waals surface area contributed by atoms with Crippen LogP contribution in [0.3, 0.4) is 0 Å². The number of hydrogen-bond donors (Lipinski definition) is 0. The zero-order valence-corrected chi connectivity index (χ0v) is 15.4. The zero-order chi connectivity index (χ0) is 18.8. The number of nitro groups is 1. The number of non-ortho nitro benzene ring substituents is 1. The van der Waals surface area contributed by atoms with Crippen molar-refractivity contribution >= 4 is 50.6 Å². The van der Waals surface area contributed by atoms with Crippen molar-refractivity contribution in [2.24, 2.45) is 0 Å². The molecular weight excluding hydrogens is 427 g/mol. The number of halogens is 2. The van der Waals surface area contributed by atoms with Gasteiger partial charge in [0.1, 0.15) is 5.82 Å². The highest BCUT2D eigenvalue weighted by Crippen LogP contribution is 2.34. The Labute approximate surface area is 160 Å². The fourth-order valence-electron chi connectivity index (χ4n) is 2.30. The molecule has 2 amide bonds. The molecule has 0 spiro atoms. The van der Waals surface area contributed by atoms with Gasteiger partial charge in [-0.2, -0.15) is 0 Å². The number of hydrogen-bond acceptors (Lipinski definition) is 5. The van der Waals surface area contributed by atoms with E-state index in [4.69, 9.17) is 0 Å². The Balaban J connectivity index is 1.79. The molecule has 2 aromatic rings. The highest BCUT2D eigenvalue weighted by atomic mass is 79.9. The lowest BCUT2D eigenvalue weighted by molar-refractivity contribution is -0.384. The molecule has 0 bridgehead atoms. The molecule has 1 saturated heterocycles. The first-order valence-corrected chi connectivity index (χ1v) is 8.90. The first-order valence-electron chi connectivity index (χ1n) is 7.29. The van der Waals surface area contributed by atoms with Gasteiger partial charge in [0.2, 0.25) is 0 Å². The first kappa shape index (κ1) is 18.3. The topological polar surface area (TPSA) is 80.5 Å². The number of thioether (sulfide) groups is 1. The Hall–Kier alpha value is -2.52. The number of amides is 2. The third-order valence-electron chi connectivity index (χ3n) is 3.60. The summed E-state index contributed by atoms with van der Waals surface area (Å²) in [5.74, 6) is -0.882. The van der Waals surface area contributed by atoms with Crippen molar-refractivity contribution in [2.75, 3.05) is 0 Å². The summed E-state index contributed by atoms with van der Waals surface area (Å²) in [5.41, 5.74) is 1.12. The lowest BCUT2D eigenvalue weighted by Gasteiger charge is -2.12. The normalized spacial score (nSPS) is 15.8. The van der Waals surface area contributed by atoms with Gasteiger partial charge in [0.15, 0.2) is 0 Å². The second-order valence-electron chi connectivity index (χ2n) is 5.36. The highest BCUT2D eigenvalue weighted by molar-refractivity contribution is 9.10. The molecular formula is C17H10BrFN2O4S. The third-order valence-corrected chi connectivity index (χ3v) is 5.12. The first-order chi connectivity index (χ1) is 12.3. The summed E-state index contributed by atoms with van der Waals surface area (Å²) >= 11 is 3.87. The molecule has 0 N–H and O–H groups in total. The maximum Gasteiger partial charge on any atom is 0.293 e. The highest BCUT2D eigenvalue weighted by Gasteiger charge is 2.35. The molecule has 26 heavy (non-hydrogen) atoms. The van der Waals surface area contributed by atoms with E-state index in [1.165, 1.54) is 48.5 Å². The van der Waals surface area contributed by atoms with E-state index in [0.717, 1.165) is 16.7 Å². The van der Waals surface area contributed by atoms with Crippen LogP contribution in [0, 0.1) is 15.9 Å². The summed E-state index contributed by atoms with van der Waals surface area (Å²) in [7, 11) is 0. The third kappa shape index (κ3) is 3.83. The molecule has 0 aliphatic carbocycles. The van der Waals surface area contributed by atoms with Crippen molar-refractivity contribution in [3.63, 3.8) is 0 Å². The Kier molecular flexibility index (Phi) is 5.19. The van der Waals surface area contributed by atoms with E-state index in [-0.39, 0.29) is 21.6 Å². The summed E-state index contributed by atoms with van der Waals surface area (Å²) in [4.78, 5) is 36.1. The lowest BCUT2D eigenvalue weighted by Crippen LogP contribution is -2.27. The van der Waals surface area contributed by atoms with Gasteiger partial charge in [-0.15, -0.1) is 0 Å². The Bertz CT molecular complexity index is 946. The minimum atomic E-state index is -0.520. The minimum absolute atomic E-state index is 0.0209. The number of carbonyl (C=O) groups is 2. The molecule has 0 saturated carbocycles. The average Bonchev–Trinajstić information content (AvgIpc) is 2.86. The van der Waals surface area contributed by atoms with Crippen LogP contribution < -0.4 is 0 Å². The van der Waals surface area contributed by atoms with E-state index >= 15 is 0 Å². The van der Waals surface area contributed by atoms with E-state index in [1.807, 2.05) is 0 Å². The van der Waals surface area contributed by atoms with Crippen LogP contribution in [-0.2, 0) is 11.3 Å². The number of rotatable bonds is 4. The quantitative estimate of drug-likeness (QED) is 0.393. The van der Waals surface area contributed by atoms with Crippen LogP contribution in [0.2, 0.25) is 0 Å². The molecule has 0 unspecified atom stereocenters. The van der Waals surface area contributed by atoms with Gasteiger partial charge in [0, 0.05) is 12.1 Å². The Morgan fingerprint density at radius 1 is 1.19 bits per heavy atom. The Morgan fingerprint density at radius 2 is 1.88 bits per heavy atom. The maximum absolute atomic E-state index is 13.3. The van der Waals surface area contributed by atoms with Gasteiger partial charge < -0.3 is 0 Å². The molecule has 6 nitrogen and oxygen atoms in total. The standard InChI is InChI=1S/C17H10BrFN2O4S/c18-13-7-11(3-6-14(13)19)8-15-16(22)20(17(23)26-15)9-10-1-4-12(5-2-10)21(24)25/h1-8H,9H2/b15-8-. The maximum atomic E-state index is 13.3. The molecule has 1 aliphatic rings. The van der Waals surface area contributed by atoms with Crippen LogP contribution in [0.1, 0.15) is 11.1 Å². The summed E-state index contributed by atoms with van der Waals surface area (Å²) in [6, 6.07) is 9.92. The van der Waals surface area contributed by atoms with Crippen molar-refractivity contribution in [3.05, 3.63) is 78.9 Å². The van der Waals surface area contributed by atoms with Crippen molar-refractivity contribution < 1.29 is 18.9 Å². The van der Waals surface area contributed by atoms with Crippen LogP contribution in [0.25, 0.3) is 6.08 Å². The fraction of sp³-hybridized carbons (Fsp3) is 0.0588. The fourth-order valence-corrected chi connectivity index (χ4v) is 3.53. The predicted molar refractivity (Wildman–Crippen MR) is 98.7 cm³/mol. The van der Waals surface area contributed by atoms with Crippen molar-refractivity contribution in [1.29, 1.82) is 0 Å². The number of imide groups is 1. The Morgan fingerprint density at radius 3 is 2.50 bits per heavy atom. The van der Waals surface area contributed by atoms with Gasteiger partial charge in [-0.1, -0.05) is 18.2 Å². The molecule has 132 valence electrons. The van der Waals surface area contributed by atoms with Crippen LogP contribution >= 0.6 is 27.7 Å². The van der Waals surface area contributed by atoms with Gasteiger partial charge in [0.05, 0.1) is 20.8 Å². The van der Waals surface area contributed by atoms with Crippen LogP contribution in [0.4, 0.5) is 14.9 Å². The van der Waals surface area contributed by atoms with E-state index in [1.54, 1.807) is 0 Å². The van der Waals surface area contributed by atoms with Gasteiger partial charge in [0.25, 0.3) is 16.8 Å². The minimum Gasteiger partial charge on any atom is -0.268 e. The van der Waals surface area contributed by atoms with E-state index in [2.05, 4.69) is 15.9 Å². The second kappa shape index (κ2) is 7.38. The van der Waals surface area contributed by atoms with Crippen LogP contribution in [0.5, 0.6) is 0 Å². The lowest BCUT2D eigenvalue weighted by atomic mass is 10.2. The number of benzene rings is 2. The second-order valence-corrected chi connectivity index (χ2v) is 7.21. The molecule has 0 radical (unpaired) electrons. The van der Waals surface area contributed by atoms with Crippen LogP contribution in [-0.4, -0.2) is 21.0 Å².